The molecule has 1 amide bonds. The predicted molar refractivity (Wildman–Crippen MR) is 109 cm³/mol. The summed E-state index contributed by atoms with van der Waals surface area (Å²) in [6.45, 7) is 6.67. The molecule has 5 nitrogen and oxygen atoms in total. The van der Waals surface area contributed by atoms with E-state index < -0.39 is 5.60 Å². The van der Waals surface area contributed by atoms with Gasteiger partial charge in [-0.1, -0.05) is 24.9 Å². The first-order valence-corrected chi connectivity index (χ1v) is 9.93. The average molecular weight is 398 g/mol. The fourth-order valence-electron chi connectivity index (χ4n) is 3.44. The average Bonchev–Trinajstić information content (AvgIpc) is 2.63. The van der Waals surface area contributed by atoms with E-state index >= 15 is 0 Å². The van der Waals surface area contributed by atoms with Crippen LogP contribution in [0.1, 0.15) is 52.9 Å². The maximum Gasteiger partial charge on any atom is 0.256 e. The van der Waals surface area contributed by atoms with Crippen molar-refractivity contribution in [1.29, 1.82) is 0 Å². The number of ether oxygens (including phenoxy) is 3. The SMILES string of the molecule is COC(C)(C)CCOc1ccc(NC(=O)[C@]2(OC)CCC[C@H](C)C2)cc1Cl. The number of halogens is 1. The van der Waals surface area contributed by atoms with E-state index in [9.17, 15) is 4.79 Å². The summed E-state index contributed by atoms with van der Waals surface area (Å²) >= 11 is 6.34. The molecule has 0 bridgehead atoms. The van der Waals surface area contributed by atoms with Gasteiger partial charge in [-0.05, 0) is 57.2 Å². The Morgan fingerprint density at radius 1 is 1.37 bits per heavy atom. The summed E-state index contributed by atoms with van der Waals surface area (Å²) in [5, 5.41) is 3.42. The quantitative estimate of drug-likeness (QED) is 0.665. The molecule has 152 valence electrons. The fourth-order valence-corrected chi connectivity index (χ4v) is 3.67. The molecule has 0 spiro atoms. The number of hydrogen-bond acceptors (Lipinski definition) is 4. The molecule has 2 rings (SSSR count). The number of methoxy groups -OCH3 is 2. The van der Waals surface area contributed by atoms with E-state index in [4.69, 9.17) is 25.8 Å². The van der Waals surface area contributed by atoms with Crippen LogP contribution in [-0.2, 0) is 14.3 Å². The number of rotatable bonds is 8. The van der Waals surface area contributed by atoms with E-state index in [-0.39, 0.29) is 11.5 Å². The van der Waals surface area contributed by atoms with Crippen LogP contribution in [0.25, 0.3) is 0 Å². The zero-order chi connectivity index (χ0) is 20.1. The van der Waals surface area contributed by atoms with E-state index in [1.807, 2.05) is 13.8 Å². The molecule has 27 heavy (non-hydrogen) atoms. The second kappa shape index (κ2) is 9.26. The number of anilines is 1. The maximum absolute atomic E-state index is 12.9. The van der Waals surface area contributed by atoms with E-state index in [0.717, 1.165) is 32.1 Å². The van der Waals surface area contributed by atoms with Crippen molar-refractivity contribution in [2.45, 2.75) is 64.1 Å². The number of hydrogen-bond donors (Lipinski definition) is 1. The second-order valence-corrected chi connectivity index (χ2v) is 8.47. The van der Waals surface area contributed by atoms with E-state index in [1.54, 1.807) is 32.4 Å². The number of carbonyl (C=O) groups is 1. The summed E-state index contributed by atoms with van der Waals surface area (Å²) < 4.78 is 16.8. The molecule has 2 atom stereocenters. The van der Waals surface area contributed by atoms with Crippen LogP contribution in [0.4, 0.5) is 5.69 Å². The van der Waals surface area contributed by atoms with Crippen molar-refractivity contribution in [2.75, 3.05) is 26.1 Å². The fraction of sp³-hybridized carbons (Fsp3) is 0.667. The van der Waals surface area contributed by atoms with Crippen molar-refractivity contribution >= 4 is 23.2 Å². The summed E-state index contributed by atoms with van der Waals surface area (Å²) in [7, 11) is 3.30. The number of nitrogens with one attached hydrogen (secondary N) is 1. The Labute approximate surface area is 167 Å². The Morgan fingerprint density at radius 3 is 2.70 bits per heavy atom. The van der Waals surface area contributed by atoms with E-state index in [1.165, 1.54) is 0 Å². The third-order valence-corrected chi connectivity index (χ3v) is 5.76. The van der Waals surface area contributed by atoms with Crippen LogP contribution < -0.4 is 10.1 Å². The van der Waals surface area contributed by atoms with Gasteiger partial charge < -0.3 is 19.5 Å². The number of benzene rings is 1. The van der Waals surface area contributed by atoms with Gasteiger partial charge in [0.15, 0.2) is 0 Å². The van der Waals surface area contributed by atoms with Gasteiger partial charge in [-0.3, -0.25) is 4.79 Å². The second-order valence-electron chi connectivity index (χ2n) is 8.06. The molecule has 1 N–H and O–H groups in total. The molecule has 1 fully saturated rings. The van der Waals surface area contributed by atoms with Crippen molar-refractivity contribution in [2.24, 2.45) is 5.92 Å². The standard InChI is InChI=1S/C21H32ClNO4/c1-15-7-6-10-21(14-15,26-5)19(24)23-16-8-9-18(17(22)13-16)27-12-11-20(2,3)25-4/h8-9,13,15H,6-7,10-12,14H2,1-5H3,(H,23,24)/t15-,21-/m0/s1. The lowest BCUT2D eigenvalue weighted by atomic mass is 9.78. The third-order valence-electron chi connectivity index (χ3n) is 5.46. The van der Waals surface area contributed by atoms with Crippen LogP contribution in [0.5, 0.6) is 5.75 Å². The van der Waals surface area contributed by atoms with Gasteiger partial charge in [0.1, 0.15) is 11.4 Å². The minimum absolute atomic E-state index is 0.108. The largest absolute Gasteiger partial charge is 0.492 e. The van der Waals surface area contributed by atoms with Crippen molar-refractivity contribution < 1.29 is 19.0 Å². The topological polar surface area (TPSA) is 56.8 Å². The van der Waals surface area contributed by atoms with Crippen molar-refractivity contribution in [3.8, 4) is 5.75 Å². The van der Waals surface area contributed by atoms with Gasteiger partial charge in [-0.25, -0.2) is 0 Å². The van der Waals surface area contributed by atoms with Crippen molar-refractivity contribution in [1.82, 2.24) is 0 Å². The highest BCUT2D eigenvalue weighted by Crippen LogP contribution is 2.36. The first-order chi connectivity index (χ1) is 12.7. The first-order valence-electron chi connectivity index (χ1n) is 9.55. The van der Waals surface area contributed by atoms with Crippen LogP contribution in [0.15, 0.2) is 18.2 Å². The van der Waals surface area contributed by atoms with Crippen LogP contribution in [-0.4, -0.2) is 37.9 Å². The molecular weight excluding hydrogens is 366 g/mol. The Bertz CT molecular complexity index is 649. The van der Waals surface area contributed by atoms with Gasteiger partial charge >= 0.3 is 0 Å². The van der Waals surface area contributed by atoms with Gasteiger partial charge in [-0.15, -0.1) is 0 Å². The lowest BCUT2D eigenvalue weighted by Crippen LogP contribution is -2.47. The third kappa shape index (κ3) is 5.84. The Kier molecular flexibility index (Phi) is 7.55. The number of amides is 1. The molecule has 0 saturated heterocycles. The molecule has 1 saturated carbocycles. The lowest BCUT2D eigenvalue weighted by Gasteiger charge is -2.37. The molecule has 1 aliphatic carbocycles. The van der Waals surface area contributed by atoms with Crippen LogP contribution in [0, 0.1) is 5.92 Å². The molecule has 0 radical (unpaired) electrons. The minimum Gasteiger partial charge on any atom is -0.492 e. The summed E-state index contributed by atoms with van der Waals surface area (Å²) in [4.78, 5) is 12.9. The monoisotopic (exact) mass is 397 g/mol. The van der Waals surface area contributed by atoms with Gasteiger partial charge in [0.05, 0.1) is 17.2 Å². The number of carbonyl (C=O) groups excluding carboxylic acids is 1. The van der Waals surface area contributed by atoms with Gasteiger partial charge in [0.25, 0.3) is 5.91 Å². The highest BCUT2D eigenvalue weighted by Gasteiger charge is 2.42. The Morgan fingerprint density at radius 2 is 2.11 bits per heavy atom. The lowest BCUT2D eigenvalue weighted by molar-refractivity contribution is -0.143. The van der Waals surface area contributed by atoms with Crippen LogP contribution in [0.3, 0.4) is 0 Å². The molecule has 0 unspecified atom stereocenters. The molecule has 1 aliphatic rings. The predicted octanol–water partition coefficient (Wildman–Crippen LogP) is 5.07. The van der Waals surface area contributed by atoms with Crippen LogP contribution in [0.2, 0.25) is 5.02 Å². The summed E-state index contributed by atoms with van der Waals surface area (Å²) in [5.74, 6) is 0.956. The maximum atomic E-state index is 12.9. The minimum atomic E-state index is -0.759. The molecule has 1 aromatic rings. The van der Waals surface area contributed by atoms with Crippen molar-refractivity contribution in [3.63, 3.8) is 0 Å². The Balaban J connectivity index is 1.99. The Hall–Kier alpha value is -1.30. The van der Waals surface area contributed by atoms with E-state index in [0.29, 0.717) is 29.0 Å². The van der Waals surface area contributed by atoms with E-state index in [2.05, 4.69) is 12.2 Å². The first kappa shape index (κ1) is 22.0. The smallest absolute Gasteiger partial charge is 0.256 e. The summed E-state index contributed by atoms with van der Waals surface area (Å²) in [5.41, 5.74) is -0.360. The van der Waals surface area contributed by atoms with Crippen molar-refractivity contribution in [3.05, 3.63) is 23.2 Å². The molecule has 0 heterocycles. The highest BCUT2D eigenvalue weighted by molar-refractivity contribution is 6.32. The molecule has 0 aromatic heterocycles. The summed E-state index contributed by atoms with van der Waals surface area (Å²) in [6, 6.07) is 5.29. The normalized spacial score (nSPS) is 23.1. The molecule has 1 aromatic carbocycles. The zero-order valence-electron chi connectivity index (χ0n) is 17.1. The molecule has 6 heteroatoms. The van der Waals surface area contributed by atoms with Gasteiger partial charge in [-0.2, -0.15) is 0 Å². The highest BCUT2D eigenvalue weighted by atomic mass is 35.5. The van der Waals surface area contributed by atoms with Crippen LogP contribution >= 0.6 is 11.6 Å². The molecular formula is C21H32ClNO4. The summed E-state index contributed by atoms with van der Waals surface area (Å²) in [6.07, 6.45) is 4.35. The molecule has 0 aliphatic heterocycles. The zero-order valence-corrected chi connectivity index (χ0v) is 17.8. The van der Waals surface area contributed by atoms with Gasteiger partial charge in [0.2, 0.25) is 0 Å². The van der Waals surface area contributed by atoms with Gasteiger partial charge in [0, 0.05) is 26.3 Å².